The molecule has 0 radical (unpaired) electrons. The third kappa shape index (κ3) is 2.01. The van der Waals surface area contributed by atoms with E-state index < -0.39 is 0 Å². The van der Waals surface area contributed by atoms with E-state index in [2.05, 4.69) is 49.5 Å². The maximum atomic E-state index is 3.76. The van der Waals surface area contributed by atoms with Crippen LogP contribution in [-0.4, -0.2) is 6.54 Å². The second-order valence-corrected chi connectivity index (χ2v) is 5.01. The van der Waals surface area contributed by atoms with Crippen LogP contribution in [0.5, 0.6) is 0 Å². The van der Waals surface area contributed by atoms with Crippen molar-refractivity contribution in [1.82, 2.24) is 5.32 Å². The predicted molar refractivity (Wildman–Crippen MR) is 69.4 cm³/mol. The van der Waals surface area contributed by atoms with Gasteiger partial charge in [-0.1, -0.05) is 57.0 Å². The van der Waals surface area contributed by atoms with Crippen molar-refractivity contribution in [3.8, 4) is 0 Å². The first-order valence-electron chi connectivity index (χ1n) is 6.60. The van der Waals surface area contributed by atoms with Crippen LogP contribution in [0.4, 0.5) is 0 Å². The van der Waals surface area contributed by atoms with Crippen molar-refractivity contribution in [2.24, 2.45) is 5.92 Å². The lowest BCUT2D eigenvalue weighted by molar-refractivity contribution is 0.157. The first kappa shape index (κ1) is 11.7. The maximum Gasteiger partial charge on any atom is 0.0460 e. The van der Waals surface area contributed by atoms with Gasteiger partial charge in [0.05, 0.1) is 0 Å². The smallest absolute Gasteiger partial charge is 0.0460 e. The van der Waals surface area contributed by atoms with Crippen LogP contribution in [0, 0.1) is 5.92 Å². The lowest BCUT2D eigenvalue weighted by Crippen LogP contribution is -2.49. The minimum Gasteiger partial charge on any atom is -0.307 e. The van der Waals surface area contributed by atoms with Crippen LogP contribution >= 0.6 is 0 Å². The van der Waals surface area contributed by atoms with Crippen LogP contribution in [0.2, 0.25) is 0 Å². The molecule has 16 heavy (non-hydrogen) atoms. The molecule has 1 saturated carbocycles. The highest BCUT2D eigenvalue weighted by Crippen LogP contribution is 2.41. The fourth-order valence-electron chi connectivity index (χ4n) is 3.19. The van der Waals surface area contributed by atoms with E-state index in [0.717, 1.165) is 12.5 Å². The molecule has 88 valence electrons. The minimum atomic E-state index is 0.230. The van der Waals surface area contributed by atoms with Crippen molar-refractivity contribution in [3.63, 3.8) is 0 Å². The molecule has 0 saturated heterocycles. The van der Waals surface area contributed by atoms with Crippen molar-refractivity contribution in [1.29, 1.82) is 0 Å². The number of hydrogen-bond acceptors (Lipinski definition) is 1. The van der Waals surface area contributed by atoms with E-state index in [9.17, 15) is 0 Å². The molecule has 2 rings (SSSR count). The van der Waals surface area contributed by atoms with E-state index in [1.54, 1.807) is 0 Å². The summed E-state index contributed by atoms with van der Waals surface area (Å²) in [6.45, 7) is 5.67. The first-order chi connectivity index (χ1) is 7.79. The molecule has 1 aromatic carbocycles. The van der Waals surface area contributed by atoms with Crippen LogP contribution in [0.25, 0.3) is 0 Å². The number of benzene rings is 1. The fraction of sp³-hybridized carbons (Fsp3) is 0.600. The molecule has 1 N–H and O–H groups in total. The summed E-state index contributed by atoms with van der Waals surface area (Å²) in [6.07, 6.45) is 5.38. The van der Waals surface area contributed by atoms with Gasteiger partial charge in [0, 0.05) is 5.54 Å². The number of hydrogen-bond donors (Lipinski definition) is 1. The van der Waals surface area contributed by atoms with Gasteiger partial charge in [-0.15, -0.1) is 0 Å². The molecule has 0 amide bonds. The van der Waals surface area contributed by atoms with Gasteiger partial charge in [-0.25, -0.2) is 0 Å². The zero-order chi connectivity index (χ0) is 11.4. The van der Waals surface area contributed by atoms with E-state index >= 15 is 0 Å². The Hall–Kier alpha value is -0.820. The Balaban J connectivity index is 2.34. The summed E-state index contributed by atoms with van der Waals surface area (Å²) in [5, 5.41) is 3.76. The molecular weight excluding hydrogens is 194 g/mol. The van der Waals surface area contributed by atoms with Gasteiger partial charge >= 0.3 is 0 Å². The van der Waals surface area contributed by atoms with Crippen molar-refractivity contribution < 1.29 is 0 Å². The second kappa shape index (κ2) is 5.01. The lowest BCUT2D eigenvalue weighted by atomic mass is 9.69. The first-order valence-corrected chi connectivity index (χ1v) is 6.60. The Bertz CT molecular complexity index is 315. The fourth-order valence-corrected chi connectivity index (χ4v) is 3.19. The Labute approximate surface area is 99.3 Å². The van der Waals surface area contributed by atoms with E-state index in [1.165, 1.54) is 31.2 Å². The summed E-state index contributed by atoms with van der Waals surface area (Å²) in [7, 11) is 0. The standard InChI is InChI=1S/C15H23N/c1-3-16-15(12-8-7-9-13(15)2)14-10-5-4-6-11-14/h4-6,10-11,13,16H,3,7-9,12H2,1-2H3. The van der Waals surface area contributed by atoms with Crippen LogP contribution in [0.1, 0.15) is 45.1 Å². The summed E-state index contributed by atoms with van der Waals surface area (Å²) in [5.74, 6) is 0.739. The van der Waals surface area contributed by atoms with Gasteiger partial charge < -0.3 is 5.32 Å². The molecule has 1 nitrogen and oxygen atoms in total. The normalized spacial score (nSPS) is 30.2. The average molecular weight is 217 g/mol. The highest BCUT2D eigenvalue weighted by Gasteiger charge is 2.38. The summed E-state index contributed by atoms with van der Waals surface area (Å²) < 4.78 is 0. The molecule has 0 aromatic heterocycles. The number of nitrogens with one attached hydrogen (secondary N) is 1. The van der Waals surface area contributed by atoms with Gasteiger partial charge in [-0.2, -0.15) is 0 Å². The topological polar surface area (TPSA) is 12.0 Å². The van der Waals surface area contributed by atoms with E-state index in [0.29, 0.717) is 0 Å². The molecule has 1 aliphatic carbocycles. The van der Waals surface area contributed by atoms with E-state index in [-0.39, 0.29) is 5.54 Å². The average Bonchev–Trinajstić information content (AvgIpc) is 2.34. The van der Waals surface area contributed by atoms with Gasteiger partial charge in [-0.05, 0) is 30.9 Å². The molecular formula is C15H23N. The molecule has 1 aromatic rings. The van der Waals surface area contributed by atoms with Crippen LogP contribution < -0.4 is 5.32 Å². The SMILES string of the molecule is CCNC1(c2ccccc2)CCCCC1C. The van der Waals surface area contributed by atoms with E-state index in [4.69, 9.17) is 0 Å². The van der Waals surface area contributed by atoms with Crippen molar-refractivity contribution >= 4 is 0 Å². The van der Waals surface area contributed by atoms with Gasteiger partial charge in [0.1, 0.15) is 0 Å². The van der Waals surface area contributed by atoms with Crippen molar-refractivity contribution in [2.45, 2.75) is 45.1 Å². The molecule has 0 bridgehead atoms. The zero-order valence-electron chi connectivity index (χ0n) is 10.5. The van der Waals surface area contributed by atoms with Crippen molar-refractivity contribution in [3.05, 3.63) is 35.9 Å². The highest BCUT2D eigenvalue weighted by atomic mass is 15.0. The van der Waals surface area contributed by atoms with Crippen LogP contribution in [0.3, 0.4) is 0 Å². The summed E-state index contributed by atoms with van der Waals surface area (Å²) in [6, 6.07) is 11.0. The maximum absolute atomic E-state index is 3.76. The minimum absolute atomic E-state index is 0.230. The van der Waals surface area contributed by atoms with Gasteiger partial charge in [0.25, 0.3) is 0 Å². The summed E-state index contributed by atoms with van der Waals surface area (Å²) in [4.78, 5) is 0. The lowest BCUT2D eigenvalue weighted by Gasteiger charge is -2.44. The molecule has 1 aliphatic rings. The molecule has 2 unspecified atom stereocenters. The Morgan fingerprint density at radius 2 is 2.00 bits per heavy atom. The highest BCUT2D eigenvalue weighted by molar-refractivity contribution is 5.26. The van der Waals surface area contributed by atoms with Gasteiger partial charge in [0.2, 0.25) is 0 Å². The molecule has 0 aliphatic heterocycles. The molecule has 2 atom stereocenters. The third-order valence-corrected chi connectivity index (χ3v) is 4.08. The predicted octanol–water partition coefficient (Wildman–Crippen LogP) is 3.70. The zero-order valence-corrected chi connectivity index (χ0v) is 10.5. The second-order valence-electron chi connectivity index (χ2n) is 5.01. The van der Waals surface area contributed by atoms with Crippen LogP contribution in [-0.2, 0) is 5.54 Å². The summed E-state index contributed by atoms with van der Waals surface area (Å²) >= 11 is 0. The molecule has 1 fully saturated rings. The molecule has 0 spiro atoms. The van der Waals surface area contributed by atoms with Crippen molar-refractivity contribution in [2.75, 3.05) is 6.54 Å². The molecule has 0 heterocycles. The monoisotopic (exact) mass is 217 g/mol. The molecule has 1 heteroatoms. The third-order valence-electron chi connectivity index (χ3n) is 4.08. The van der Waals surface area contributed by atoms with Gasteiger partial charge in [-0.3, -0.25) is 0 Å². The largest absolute Gasteiger partial charge is 0.307 e. The summed E-state index contributed by atoms with van der Waals surface area (Å²) in [5.41, 5.74) is 1.71. The Morgan fingerprint density at radius 1 is 1.25 bits per heavy atom. The Morgan fingerprint density at radius 3 is 2.62 bits per heavy atom. The van der Waals surface area contributed by atoms with Crippen LogP contribution in [0.15, 0.2) is 30.3 Å². The Kier molecular flexibility index (Phi) is 3.65. The van der Waals surface area contributed by atoms with E-state index in [1.807, 2.05) is 0 Å². The quantitative estimate of drug-likeness (QED) is 0.814. The van der Waals surface area contributed by atoms with Gasteiger partial charge in [0.15, 0.2) is 0 Å². The number of rotatable bonds is 3.